The fourth-order valence-corrected chi connectivity index (χ4v) is 2.65. The van der Waals surface area contributed by atoms with Gasteiger partial charge in [-0.3, -0.25) is 9.59 Å². The first-order valence-electron chi connectivity index (χ1n) is 7.06. The summed E-state index contributed by atoms with van der Waals surface area (Å²) < 4.78 is 0. The summed E-state index contributed by atoms with van der Waals surface area (Å²) in [6.45, 7) is 10.0. The standard InChI is InChI=1S/C14H26N2O2/c1-6-8-10(4)16-12(9(3)7-2)13(17)15-11(5)14(16)18/h9-12H,6-8H2,1-5H3,(H,15,17). The Balaban J connectivity index is 3.00. The van der Waals surface area contributed by atoms with Gasteiger partial charge in [-0.05, 0) is 26.2 Å². The van der Waals surface area contributed by atoms with Crippen LogP contribution in [-0.2, 0) is 9.59 Å². The zero-order valence-corrected chi connectivity index (χ0v) is 12.2. The van der Waals surface area contributed by atoms with Gasteiger partial charge >= 0.3 is 0 Å². The lowest BCUT2D eigenvalue weighted by molar-refractivity contribution is -0.153. The summed E-state index contributed by atoms with van der Waals surface area (Å²) in [7, 11) is 0. The van der Waals surface area contributed by atoms with E-state index in [2.05, 4.69) is 19.2 Å². The number of hydrogen-bond acceptors (Lipinski definition) is 2. The van der Waals surface area contributed by atoms with Crippen LogP contribution in [-0.4, -0.2) is 34.8 Å². The number of carbonyl (C=O) groups excluding carboxylic acids is 2. The third kappa shape index (κ3) is 2.85. The van der Waals surface area contributed by atoms with Gasteiger partial charge in [0, 0.05) is 6.04 Å². The molecule has 0 radical (unpaired) electrons. The second-order valence-electron chi connectivity index (χ2n) is 5.44. The molecule has 0 spiro atoms. The van der Waals surface area contributed by atoms with E-state index in [1.165, 1.54) is 0 Å². The topological polar surface area (TPSA) is 49.4 Å². The molecule has 1 N–H and O–H groups in total. The van der Waals surface area contributed by atoms with Crippen molar-refractivity contribution < 1.29 is 9.59 Å². The maximum absolute atomic E-state index is 12.3. The van der Waals surface area contributed by atoms with Gasteiger partial charge in [-0.2, -0.15) is 0 Å². The number of piperazine rings is 1. The minimum absolute atomic E-state index is 0.000553. The highest BCUT2D eigenvalue weighted by atomic mass is 16.2. The summed E-state index contributed by atoms with van der Waals surface area (Å²) in [6.07, 6.45) is 2.86. The van der Waals surface area contributed by atoms with Crippen LogP contribution in [0.1, 0.15) is 53.9 Å². The van der Waals surface area contributed by atoms with Gasteiger partial charge in [0.05, 0.1) is 0 Å². The van der Waals surface area contributed by atoms with Crippen LogP contribution in [0.15, 0.2) is 0 Å². The van der Waals surface area contributed by atoms with Gasteiger partial charge in [-0.15, -0.1) is 0 Å². The number of nitrogens with one attached hydrogen (secondary N) is 1. The highest BCUT2D eigenvalue weighted by Crippen LogP contribution is 2.24. The molecule has 4 nitrogen and oxygen atoms in total. The molecule has 1 aliphatic rings. The molecular formula is C14H26N2O2. The van der Waals surface area contributed by atoms with Gasteiger partial charge in [-0.1, -0.05) is 33.6 Å². The summed E-state index contributed by atoms with van der Waals surface area (Å²) in [5, 5.41) is 2.79. The first kappa shape index (κ1) is 15.0. The van der Waals surface area contributed by atoms with E-state index in [1.54, 1.807) is 6.92 Å². The summed E-state index contributed by atoms with van der Waals surface area (Å²) in [4.78, 5) is 26.3. The van der Waals surface area contributed by atoms with E-state index in [0.29, 0.717) is 0 Å². The van der Waals surface area contributed by atoms with E-state index in [-0.39, 0.29) is 29.8 Å². The fraction of sp³-hybridized carbons (Fsp3) is 0.857. The summed E-state index contributed by atoms with van der Waals surface area (Å²) in [5.41, 5.74) is 0. The zero-order valence-electron chi connectivity index (χ0n) is 12.2. The van der Waals surface area contributed by atoms with Gasteiger partial charge in [0.1, 0.15) is 12.1 Å². The van der Waals surface area contributed by atoms with E-state index in [9.17, 15) is 9.59 Å². The van der Waals surface area contributed by atoms with Crippen LogP contribution in [0, 0.1) is 5.92 Å². The first-order chi connectivity index (χ1) is 8.43. The molecule has 1 heterocycles. The van der Waals surface area contributed by atoms with E-state index < -0.39 is 6.04 Å². The quantitative estimate of drug-likeness (QED) is 0.815. The number of rotatable bonds is 5. The van der Waals surface area contributed by atoms with Crippen molar-refractivity contribution >= 4 is 11.8 Å². The molecule has 18 heavy (non-hydrogen) atoms. The Morgan fingerprint density at radius 2 is 1.89 bits per heavy atom. The Labute approximate surface area is 110 Å². The van der Waals surface area contributed by atoms with E-state index in [0.717, 1.165) is 19.3 Å². The third-order valence-electron chi connectivity index (χ3n) is 3.92. The van der Waals surface area contributed by atoms with Gasteiger partial charge in [0.2, 0.25) is 11.8 Å². The van der Waals surface area contributed by atoms with Gasteiger partial charge < -0.3 is 10.2 Å². The van der Waals surface area contributed by atoms with Crippen LogP contribution in [0.25, 0.3) is 0 Å². The van der Waals surface area contributed by atoms with E-state index in [4.69, 9.17) is 0 Å². The normalized spacial score (nSPS) is 27.9. The van der Waals surface area contributed by atoms with Crippen molar-refractivity contribution in [2.24, 2.45) is 5.92 Å². The monoisotopic (exact) mass is 254 g/mol. The molecule has 1 fully saturated rings. The smallest absolute Gasteiger partial charge is 0.245 e. The van der Waals surface area contributed by atoms with Crippen molar-refractivity contribution in [1.82, 2.24) is 10.2 Å². The number of nitrogens with zero attached hydrogens (tertiary/aromatic N) is 1. The molecule has 1 aliphatic heterocycles. The molecule has 2 amide bonds. The molecule has 104 valence electrons. The molecule has 0 aromatic rings. The zero-order chi connectivity index (χ0) is 13.9. The summed E-state index contributed by atoms with van der Waals surface area (Å²) >= 11 is 0. The minimum atomic E-state index is -0.392. The fourth-order valence-electron chi connectivity index (χ4n) is 2.65. The SMILES string of the molecule is CCCC(C)N1C(=O)C(C)NC(=O)C1C(C)CC. The first-order valence-corrected chi connectivity index (χ1v) is 7.06. The average Bonchev–Trinajstić information content (AvgIpc) is 2.32. The van der Waals surface area contributed by atoms with E-state index in [1.807, 2.05) is 18.7 Å². The van der Waals surface area contributed by atoms with Gasteiger partial charge in [0.25, 0.3) is 0 Å². The summed E-state index contributed by atoms with van der Waals surface area (Å²) in [5.74, 6) is 0.251. The van der Waals surface area contributed by atoms with Crippen molar-refractivity contribution in [2.75, 3.05) is 0 Å². The molecule has 0 aromatic heterocycles. The Kier molecular flexibility index (Phi) is 5.17. The summed E-state index contributed by atoms with van der Waals surface area (Å²) in [6, 6.07) is -0.563. The third-order valence-corrected chi connectivity index (χ3v) is 3.92. The van der Waals surface area contributed by atoms with Crippen molar-refractivity contribution in [3.63, 3.8) is 0 Å². The molecule has 1 rings (SSSR count). The lowest BCUT2D eigenvalue weighted by Gasteiger charge is -2.44. The molecule has 0 aliphatic carbocycles. The molecule has 0 bridgehead atoms. The van der Waals surface area contributed by atoms with Crippen molar-refractivity contribution in [1.29, 1.82) is 0 Å². The van der Waals surface area contributed by atoms with Crippen molar-refractivity contribution in [3.05, 3.63) is 0 Å². The number of hydrogen-bond donors (Lipinski definition) is 1. The Morgan fingerprint density at radius 1 is 1.28 bits per heavy atom. The van der Waals surface area contributed by atoms with Crippen molar-refractivity contribution in [3.8, 4) is 0 Å². The van der Waals surface area contributed by atoms with Crippen LogP contribution >= 0.6 is 0 Å². The number of carbonyl (C=O) groups is 2. The average molecular weight is 254 g/mol. The highest BCUT2D eigenvalue weighted by Gasteiger charge is 2.42. The maximum Gasteiger partial charge on any atom is 0.245 e. The Morgan fingerprint density at radius 3 is 2.39 bits per heavy atom. The number of amides is 2. The van der Waals surface area contributed by atoms with Gasteiger partial charge in [-0.25, -0.2) is 0 Å². The largest absolute Gasteiger partial charge is 0.343 e. The molecule has 4 atom stereocenters. The second-order valence-corrected chi connectivity index (χ2v) is 5.44. The van der Waals surface area contributed by atoms with Crippen LogP contribution in [0.3, 0.4) is 0 Å². The second kappa shape index (κ2) is 6.21. The molecule has 4 heteroatoms. The van der Waals surface area contributed by atoms with Crippen molar-refractivity contribution in [2.45, 2.75) is 72.0 Å². The van der Waals surface area contributed by atoms with Crippen LogP contribution < -0.4 is 5.32 Å². The predicted molar refractivity (Wildman–Crippen MR) is 72.1 cm³/mol. The lowest BCUT2D eigenvalue weighted by atomic mass is 9.91. The van der Waals surface area contributed by atoms with E-state index >= 15 is 0 Å². The molecule has 0 saturated carbocycles. The van der Waals surface area contributed by atoms with Crippen LogP contribution in [0.5, 0.6) is 0 Å². The minimum Gasteiger partial charge on any atom is -0.343 e. The molecule has 1 saturated heterocycles. The van der Waals surface area contributed by atoms with Crippen LogP contribution in [0.4, 0.5) is 0 Å². The molecule has 0 aromatic carbocycles. The highest BCUT2D eigenvalue weighted by molar-refractivity contribution is 5.97. The maximum atomic E-state index is 12.3. The Hall–Kier alpha value is -1.06. The molecular weight excluding hydrogens is 228 g/mol. The Bertz CT molecular complexity index is 317. The molecule has 4 unspecified atom stereocenters. The van der Waals surface area contributed by atoms with Crippen LogP contribution in [0.2, 0.25) is 0 Å². The van der Waals surface area contributed by atoms with Gasteiger partial charge in [0.15, 0.2) is 0 Å². The lowest BCUT2D eigenvalue weighted by Crippen LogP contribution is -2.66. The predicted octanol–water partition coefficient (Wildman–Crippen LogP) is 1.94.